The Labute approximate surface area is 124 Å². The molecule has 0 bridgehead atoms. The average Bonchev–Trinajstić information content (AvgIpc) is 3.08. The summed E-state index contributed by atoms with van der Waals surface area (Å²) in [6, 6.07) is 9.86. The van der Waals surface area contributed by atoms with E-state index in [-0.39, 0.29) is 6.61 Å². The molecular formula is C13H12N4OS2. The first kappa shape index (κ1) is 13.3. The molecular weight excluding hydrogens is 292 g/mol. The quantitative estimate of drug-likeness (QED) is 0.803. The van der Waals surface area contributed by atoms with Crippen LogP contribution >= 0.6 is 23.3 Å². The minimum atomic E-state index is -0.0419. The van der Waals surface area contributed by atoms with Gasteiger partial charge in [0.05, 0.1) is 18.0 Å². The van der Waals surface area contributed by atoms with Crippen molar-refractivity contribution in [2.75, 3.05) is 0 Å². The molecule has 0 fully saturated rings. The van der Waals surface area contributed by atoms with E-state index < -0.39 is 0 Å². The maximum Gasteiger partial charge on any atom is 0.176 e. The molecule has 0 saturated heterocycles. The Morgan fingerprint density at radius 2 is 2.10 bits per heavy atom. The van der Waals surface area contributed by atoms with Gasteiger partial charge in [0.25, 0.3) is 0 Å². The van der Waals surface area contributed by atoms with E-state index in [9.17, 15) is 5.11 Å². The molecule has 102 valence electrons. The molecule has 3 aromatic rings. The molecule has 0 radical (unpaired) electrons. The Balaban J connectivity index is 2.10. The van der Waals surface area contributed by atoms with Gasteiger partial charge in [-0.3, -0.25) is 0 Å². The monoisotopic (exact) mass is 304 g/mol. The van der Waals surface area contributed by atoms with Gasteiger partial charge in [0, 0.05) is 5.56 Å². The summed E-state index contributed by atoms with van der Waals surface area (Å²) >= 11 is 2.80. The number of aryl methyl sites for hydroxylation is 1. The Kier molecular flexibility index (Phi) is 3.81. The highest BCUT2D eigenvalue weighted by Crippen LogP contribution is 2.34. The SMILES string of the molecule is Cc1nn(-c2ccccc2)c(Sc2ncns2)c1CO. The summed E-state index contributed by atoms with van der Waals surface area (Å²) in [5.74, 6) is 0. The van der Waals surface area contributed by atoms with Gasteiger partial charge in [0.15, 0.2) is 4.34 Å². The van der Waals surface area contributed by atoms with Gasteiger partial charge in [0.2, 0.25) is 0 Å². The second kappa shape index (κ2) is 5.74. The summed E-state index contributed by atoms with van der Waals surface area (Å²) in [5.41, 5.74) is 2.61. The first-order valence-electron chi connectivity index (χ1n) is 5.99. The molecule has 20 heavy (non-hydrogen) atoms. The van der Waals surface area contributed by atoms with Crippen molar-refractivity contribution in [1.82, 2.24) is 19.1 Å². The Morgan fingerprint density at radius 3 is 2.75 bits per heavy atom. The van der Waals surface area contributed by atoms with Gasteiger partial charge in [0.1, 0.15) is 11.4 Å². The molecule has 1 aromatic carbocycles. The van der Waals surface area contributed by atoms with Crippen LogP contribution in [0.5, 0.6) is 0 Å². The van der Waals surface area contributed by atoms with E-state index in [2.05, 4.69) is 14.5 Å². The Bertz CT molecular complexity index is 695. The second-order valence-corrected chi connectivity index (χ2v) is 6.10. The summed E-state index contributed by atoms with van der Waals surface area (Å²) < 4.78 is 6.67. The standard InChI is InChI=1S/C13H12N4OS2/c1-9-11(7-18)12(19-13-14-8-15-20-13)17(16-9)10-5-3-2-4-6-10/h2-6,8,18H,7H2,1H3. The molecule has 1 N–H and O–H groups in total. The molecule has 0 atom stereocenters. The highest BCUT2D eigenvalue weighted by atomic mass is 32.2. The van der Waals surface area contributed by atoms with Crippen LogP contribution in [-0.4, -0.2) is 24.2 Å². The van der Waals surface area contributed by atoms with Crippen LogP contribution < -0.4 is 0 Å². The van der Waals surface area contributed by atoms with Gasteiger partial charge >= 0.3 is 0 Å². The smallest absolute Gasteiger partial charge is 0.176 e. The number of hydrogen-bond acceptors (Lipinski definition) is 6. The topological polar surface area (TPSA) is 63.8 Å². The first-order chi connectivity index (χ1) is 9.79. The van der Waals surface area contributed by atoms with Crippen LogP contribution in [0.15, 0.2) is 46.0 Å². The summed E-state index contributed by atoms with van der Waals surface area (Å²) in [4.78, 5) is 4.18. The molecule has 5 nitrogen and oxygen atoms in total. The lowest BCUT2D eigenvalue weighted by molar-refractivity contribution is 0.278. The summed E-state index contributed by atoms with van der Waals surface area (Å²) in [6.45, 7) is 1.86. The zero-order valence-electron chi connectivity index (χ0n) is 10.7. The minimum absolute atomic E-state index is 0.0419. The molecule has 0 unspecified atom stereocenters. The zero-order valence-corrected chi connectivity index (χ0v) is 12.4. The molecule has 0 aliphatic heterocycles. The van der Waals surface area contributed by atoms with E-state index in [4.69, 9.17) is 0 Å². The van der Waals surface area contributed by atoms with E-state index in [0.717, 1.165) is 26.3 Å². The fraction of sp³-hybridized carbons (Fsp3) is 0.154. The molecule has 3 rings (SSSR count). The third kappa shape index (κ3) is 2.47. The summed E-state index contributed by atoms with van der Waals surface area (Å²) in [6.07, 6.45) is 1.53. The van der Waals surface area contributed by atoms with Crippen LogP contribution in [0, 0.1) is 6.92 Å². The Hall–Kier alpha value is -1.70. The van der Waals surface area contributed by atoms with E-state index in [1.54, 1.807) is 0 Å². The molecule has 0 aliphatic rings. The normalized spacial score (nSPS) is 10.9. The molecule has 0 amide bonds. The number of para-hydroxylation sites is 1. The number of nitrogens with zero attached hydrogens (tertiary/aromatic N) is 4. The number of aliphatic hydroxyl groups is 1. The van der Waals surface area contributed by atoms with Crippen molar-refractivity contribution in [1.29, 1.82) is 0 Å². The maximum atomic E-state index is 9.59. The van der Waals surface area contributed by atoms with Crippen molar-refractivity contribution in [3.8, 4) is 5.69 Å². The largest absolute Gasteiger partial charge is 0.392 e. The van der Waals surface area contributed by atoms with E-state index >= 15 is 0 Å². The minimum Gasteiger partial charge on any atom is -0.392 e. The second-order valence-electron chi connectivity index (χ2n) is 4.08. The van der Waals surface area contributed by atoms with Crippen LogP contribution in [0.25, 0.3) is 5.69 Å². The first-order valence-corrected chi connectivity index (χ1v) is 7.58. The lowest BCUT2D eigenvalue weighted by atomic mass is 10.3. The van der Waals surface area contributed by atoms with Crippen LogP contribution in [0.4, 0.5) is 0 Å². The van der Waals surface area contributed by atoms with Crippen LogP contribution in [0.2, 0.25) is 0 Å². The van der Waals surface area contributed by atoms with E-state index in [1.807, 2.05) is 41.9 Å². The highest BCUT2D eigenvalue weighted by molar-refractivity contribution is 8.01. The van der Waals surface area contributed by atoms with Crippen molar-refractivity contribution in [2.45, 2.75) is 22.9 Å². The van der Waals surface area contributed by atoms with Crippen molar-refractivity contribution >= 4 is 23.3 Å². The summed E-state index contributed by atoms with van der Waals surface area (Å²) in [5, 5.41) is 15.0. The Morgan fingerprint density at radius 1 is 1.30 bits per heavy atom. The average molecular weight is 304 g/mol. The van der Waals surface area contributed by atoms with Crippen molar-refractivity contribution < 1.29 is 5.11 Å². The number of rotatable bonds is 4. The van der Waals surface area contributed by atoms with Crippen molar-refractivity contribution in [3.63, 3.8) is 0 Å². The number of aliphatic hydroxyl groups excluding tert-OH is 1. The number of hydrogen-bond donors (Lipinski definition) is 1. The van der Waals surface area contributed by atoms with Crippen molar-refractivity contribution in [2.24, 2.45) is 0 Å². The molecule has 2 aromatic heterocycles. The van der Waals surface area contributed by atoms with Gasteiger partial charge in [-0.15, -0.1) is 0 Å². The molecule has 0 saturated carbocycles. The fourth-order valence-electron chi connectivity index (χ4n) is 1.86. The number of benzene rings is 1. The highest BCUT2D eigenvalue weighted by Gasteiger charge is 2.18. The van der Waals surface area contributed by atoms with Crippen LogP contribution in [-0.2, 0) is 6.61 Å². The summed E-state index contributed by atoms with van der Waals surface area (Å²) in [7, 11) is 0. The zero-order chi connectivity index (χ0) is 13.9. The van der Waals surface area contributed by atoms with E-state index in [0.29, 0.717) is 0 Å². The molecule has 0 spiro atoms. The van der Waals surface area contributed by atoms with Gasteiger partial charge in [-0.05, 0) is 42.4 Å². The third-order valence-electron chi connectivity index (χ3n) is 2.82. The van der Waals surface area contributed by atoms with Gasteiger partial charge in [-0.1, -0.05) is 18.2 Å². The maximum absolute atomic E-state index is 9.59. The van der Waals surface area contributed by atoms with E-state index in [1.165, 1.54) is 29.6 Å². The van der Waals surface area contributed by atoms with Gasteiger partial charge in [-0.2, -0.15) is 9.47 Å². The third-order valence-corrected chi connectivity index (χ3v) is 4.65. The lowest BCUT2D eigenvalue weighted by Crippen LogP contribution is -1.98. The van der Waals surface area contributed by atoms with Crippen molar-refractivity contribution in [3.05, 3.63) is 47.9 Å². The molecule has 7 heteroatoms. The van der Waals surface area contributed by atoms with Crippen LogP contribution in [0.1, 0.15) is 11.3 Å². The molecule has 0 aliphatic carbocycles. The fourth-order valence-corrected chi connectivity index (χ4v) is 3.49. The number of aromatic nitrogens is 4. The van der Waals surface area contributed by atoms with Crippen LogP contribution in [0.3, 0.4) is 0 Å². The predicted octanol–water partition coefficient (Wildman–Crippen LogP) is 2.68. The lowest BCUT2D eigenvalue weighted by Gasteiger charge is -2.06. The molecule has 2 heterocycles. The van der Waals surface area contributed by atoms with Gasteiger partial charge in [-0.25, -0.2) is 9.67 Å². The van der Waals surface area contributed by atoms with Gasteiger partial charge < -0.3 is 5.11 Å². The predicted molar refractivity (Wildman–Crippen MR) is 78.3 cm³/mol.